The predicted molar refractivity (Wildman–Crippen MR) is 59.2 cm³/mol. The molecule has 1 aromatic rings. The number of alkyl halides is 1. The topological polar surface area (TPSA) is 13.7 Å². The van der Waals surface area contributed by atoms with Crippen molar-refractivity contribution in [3.63, 3.8) is 0 Å². The molecular formula is C11H17Cl2NO. The van der Waals surface area contributed by atoms with Crippen LogP contribution in [0.1, 0.15) is 5.56 Å². The normalized spacial score (nSPS) is 11.7. The molecule has 0 aromatic heterocycles. The van der Waals surface area contributed by atoms with Gasteiger partial charge in [-0.2, -0.15) is 0 Å². The lowest BCUT2D eigenvalue weighted by atomic mass is 10.2. The van der Waals surface area contributed by atoms with Crippen LogP contribution >= 0.6 is 11.6 Å². The Hall–Kier alpha value is -0.440. The van der Waals surface area contributed by atoms with Gasteiger partial charge in [0.1, 0.15) is 12.3 Å². The van der Waals surface area contributed by atoms with Gasteiger partial charge in [0.05, 0.1) is 26.6 Å². The number of nitrogens with one attached hydrogen (secondary N) is 1. The van der Waals surface area contributed by atoms with Crippen molar-refractivity contribution in [1.29, 1.82) is 0 Å². The van der Waals surface area contributed by atoms with Gasteiger partial charge in [-0.1, -0.05) is 12.1 Å². The second-order valence-electron chi connectivity index (χ2n) is 3.38. The van der Waals surface area contributed by atoms with Crippen LogP contribution in [-0.4, -0.2) is 26.6 Å². The molecule has 0 aliphatic heterocycles. The Kier molecular flexibility index (Phi) is 7.57. The fourth-order valence-corrected chi connectivity index (χ4v) is 1.75. The number of hydrogen-bond donors (Lipinski definition) is 1. The lowest BCUT2D eigenvalue weighted by molar-refractivity contribution is -0.891. The van der Waals surface area contributed by atoms with Gasteiger partial charge in [0, 0.05) is 5.56 Å². The van der Waals surface area contributed by atoms with E-state index in [1.165, 1.54) is 10.5 Å². The largest absolute Gasteiger partial charge is 1.00 e. The smallest absolute Gasteiger partial charge is 0.127 e. The zero-order valence-corrected chi connectivity index (χ0v) is 10.6. The molecule has 0 heterocycles. The van der Waals surface area contributed by atoms with E-state index in [1.54, 1.807) is 7.11 Å². The standard InChI is InChI=1S/C11H16ClNO.ClH/c1-13(8-7-12)9-10-5-3-4-6-11(10)14-2;/h3-6H,7-9H2,1-2H3;1H. The minimum atomic E-state index is 0. The number of benzene rings is 1. The summed E-state index contributed by atoms with van der Waals surface area (Å²) in [5, 5.41) is 0. The second-order valence-corrected chi connectivity index (χ2v) is 3.76. The molecule has 0 aliphatic rings. The number of hydrogen-bond acceptors (Lipinski definition) is 1. The highest BCUT2D eigenvalue weighted by molar-refractivity contribution is 6.17. The summed E-state index contributed by atoms with van der Waals surface area (Å²) in [6.45, 7) is 1.93. The quantitative estimate of drug-likeness (QED) is 0.594. The van der Waals surface area contributed by atoms with E-state index in [0.29, 0.717) is 5.88 Å². The first-order chi connectivity index (χ1) is 6.77. The van der Waals surface area contributed by atoms with Gasteiger partial charge in [0.25, 0.3) is 0 Å². The average Bonchev–Trinajstić information content (AvgIpc) is 2.19. The summed E-state index contributed by atoms with van der Waals surface area (Å²) in [6, 6.07) is 8.10. The Morgan fingerprint density at radius 2 is 2.00 bits per heavy atom. The van der Waals surface area contributed by atoms with Gasteiger partial charge in [0.15, 0.2) is 0 Å². The Morgan fingerprint density at radius 3 is 2.60 bits per heavy atom. The maximum Gasteiger partial charge on any atom is 0.127 e. The van der Waals surface area contributed by atoms with Crippen molar-refractivity contribution in [3.8, 4) is 5.75 Å². The number of quaternary nitrogens is 1. The molecule has 4 heteroatoms. The van der Waals surface area contributed by atoms with Crippen LogP contribution in [0.4, 0.5) is 0 Å². The molecule has 0 radical (unpaired) electrons. The summed E-state index contributed by atoms with van der Waals surface area (Å²) in [4.78, 5) is 1.39. The van der Waals surface area contributed by atoms with Gasteiger partial charge < -0.3 is 22.0 Å². The molecular weight excluding hydrogens is 233 g/mol. The van der Waals surface area contributed by atoms with E-state index in [4.69, 9.17) is 16.3 Å². The zero-order valence-electron chi connectivity index (χ0n) is 9.09. The second kappa shape index (κ2) is 7.80. The highest BCUT2D eigenvalue weighted by Gasteiger charge is 2.07. The molecule has 1 rings (SSSR count). The summed E-state index contributed by atoms with van der Waals surface area (Å²) in [7, 11) is 3.84. The number of rotatable bonds is 5. The van der Waals surface area contributed by atoms with Gasteiger partial charge in [-0.15, -0.1) is 11.6 Å². The van der Waals surface area contributed by atoms with Crippen LogP contribution in [0.25, 0.3) is 0 Å². The molecule has 0 aliphatic carbocycles. The van der Waals surface area contributed by atoms with Gasteiger partial charge in [0.2, 0.25) is 0 Å². The fraction of sp³-hybridized carbons (Fsp3) is 0.455. The maximum atomic E-state index is 5.68. The third-order valence-electron chi connectivity index (χ3n) is 2.21. The van der Waals surface area contributed by atoms with Crippen LogP contribution in [0.2, 0.25) is 0 Å². The molecule has 0 saturated carbocycles. The van der Waals surface area contributed by atoms with Crippen LogP contribution in [0.15, 0.2) is 24.3 Å². The number of halogens is 2. The third-order valence-corrected chi connectivity index (χ3v) is 2.40. The molecule has 1 aromatic carbocycles. The van der Waals surface area contributed by atoms with Gasteiger partial charge in [-0.05, 0) is 12.1 Å². The number of para-hydroxylation sites is 1. The van der Waals surface area contributed by atoms with Gasteiger partial charge >= 0.3 is 0 Å². The summed E-state index contributed by atoms with van der Waals surface area (Å²) in [5.74, 6) is 1.66. The third kappa shape index (κ3) is 4.74. The predicted octanol–water partition coefficient (Wildman–Crippen LogP) is -2.05. The van der Waals surface area contributed by atoms with E-state index in [9.17, 15) is 0 Å². The molecule has 0 amide bonds. The molecule has 15 heavy (non-hydrogen) atoms. The van der Waals surface area contributed by atoms with E-state index < -0.39 is 0 Å². The molecule has 0 bridgehead atoms. The van der Waals surface area contributed by atoms with E-state index in [2.05, 4.69) is 13.1 Å². The van der Waals surface area contributed by atoms with Gasteiger partial charge in [-0.25, -0.2) is 0 Å². The van der Waals surface area contributed by atoms with Crippen LogP contribution in [0.5, 0.6) is 5.75 Å². The van der Waals surface area contributed by atoms with Crippen molar-refractivity contribution < 1.29 is 22.0 Å². The summed E-state index contributed by atoms with van der Waals surface area (Å²) >= 11 is 5.68. The SMILES string of the molecule is COc1ccccc1C[NH+](C)CCCl.[Cl-]. The lowest BCUT2D eigenvalue weighted by Crippen LogP contribution is -3.07. The molecule has 2 nitrogen and oxygen atoms in total. The minimum absolute atomic E-state index is 0. The van der Waals surface area contributed by atoms with Crippen molar-refractivity contribution in [1.82, 2.24) is 0 Å². The highest BCUT2D eigenvalue weighted by Crippen LogP contribution is 2.15. The Labute approximate surface area is 103 Å². The Bertz CT molecular complexity index is 281. The van der Waals surface area contributed by atoms with E-state index >= 15 is 0 Å². The fourth-order valence-electron chi connectivity index (χ4n) is 1.42. The van der Waals surface area contributed by atoms with E-state index in [-0.39, 0.29) is 12.4 Å². The lowest BCUT2D eigenvalue weighted by Gasteiger charge is -2.14. The summed E-state index contributed by atoms with van der Waals surface area (Å²) < 4.78 is 5.28. The highest BCUT2D eigenvalue weighted by atomic mass is 35.5. The van der Waals surface area contributed by atoms with E-state index in [0.717, 1.165) is 18.8 Å². The van der Waals surface area contributed by atoms with Crippen molar-refractivity contribution in [2.24, 2.45) is 0 Å². The van der Waals surface area contributed by atoms with Crippen LogP contribution in [0, 0.1) is 0 Å². The molecule has 1 N–H and O–H groups in total. The van der Waals surface area contributed by atoms with E-state index in [1.807, 2.05) is 18.2 Å². The molecule has 1 atom stereocenters. The van der Waals surface area contributed by atoms with Crippen LogP contribution in [0.3, 0.4) is 0 Å². The molecule has 0 fully saturated rings. The zero-order chi connectivity index (χ0) is 10.4. The Balaban J connectivity index is 0.00000196. The molecule has 0 saturated heterocycles. The first-order valence-electron chi connectivity index (χ1n) is 4.77. The number of ether oxygens (including phenoxy) is 1. The molecule has 86 valence electrons. The van der Waals surface area contributed by atoms with Crippen LogP contribution in [-0.2, 0) is 6.54 Å². The first kappa shape index (κ1) is 14.6. The maximum absolute atomic E-state index is 5.68. The summed E-state index contributed by atoms with van der Waals surface area (Å²) in [6.07, 6.45) is 0. The minimum Gasteiger partial charge on any atom is -1.00 e. The summed E-state index contributed by atoms with van der Waals surface area (Å²) in [5.41, 5.74) is 1.23. The number of methoxy groups -OCH3 is 1. The van der Waals surface area contributed by atoms with Crippen molar-refractivity contribution >= 4 is 11.6 Å². The monoisotopic (exact) mass is 249 g/mol. The molecule has 1 unspecified atom stereocenters. The molecule has 0 spiro atoms. The van der Waals surface area contributed by atoms with Crippen molar-refractivity contribution in [2.75, 3.05) is 26.6 Å². The van der Waals surface area contributed by atoms with Crippen molar-refractivity contribution in [2.45, 2.75) is 6.54 Å². The first-order valence-corrected chi connectivity index (χ1v) is 5.30. The van der Waals surface area contributed by atoms with Crippen LogP contribution < -0.4 is 22.0 Å². The van der Waals surface area contributed by atoms with Gasteiger partial charge in [-0.3, -0.25) is 0 Å². The Morgan fingerprint density at radius 1 is 1.33 bits per heavy atom. The average molecular weight is 250 g/mol. The van der Waals surface area contributed by atoms with Crippen molar-refractivity contribution in [3.05, 3.63) is 29.8 Å².